The van der Waals surface area contributed by atoms with E-state index >= 15 is 0 Å². The van der Waals surface area contributed by atoms with Gasteiger partial charge in [-0.2, -0.15) is 0 Å². The lowest BCUT2D eigenvalue weighted by Crippen LogP contribution is -2.17. The summed E-state index contributed by atoms with van der Waals surface area (Å²) in [4.78, 5) is 3.82. The first kappa shape index (κ1) is 16.9. The third kappa shape index (κ3) is 5.02. The van der Waals surface area contributed by atoms with Gasteiger partial charge in [0.25, 0.3) is 0 Å². The van der Waals surface area contributed by atoms with Crippen LogP contribution in [0.25, 0.3) is 11.1 Å². The van der Waals surface area contributed by atoms with E-state index in [1.165, 1.54) is 18.3 Å². The third-order valence-electron chi connectivity index (χ3n) is 2.57. The molecule has 0 fully saturated rings. The number of hydrogen-bond donors (Lipinski definition) is 2. The van der Waals surface area contributed by atoms with Gasteiger partial charge in [-0.05, 0) is 30.3 Å². The minimum absolute atomic E-state index is 0.0402. The van der Waals surface area contributed by atoms with Crippen molar-refractivity contribution in [3.05, 3.63) is 36.5 Å². The van der Waals surface area contributed by atoms with Crippen molar-refractivity contribution < 1.29 is 31.4 Å². The number of halogens is 3. The highest BCUT2D eigenvalue weighted by Crippen LogP contribution is 2.34. The quantitative estimate of drug-likeness (QED) is 0.887. The van der Waals surface area contributed by atoms with E-state index in [4.69, 9.17) is 0 Å². The van der Waals surface area contributed by atoms with E-state index in [-0.39, 0.29) is 22.7 Å². The average Bonchev–Trinajstić information content (AvgIpc) is 2.39. The molecular weight excluding hydrogens is 337 g/mol. The van der Waals surface area contributed by atoms with E-state index in [9.17, 15) is 26.7 Å². The number of rotatable bonds is 4. The van der Waals surface area contributed by atoms with Gasteiger partial charge in [-0.3, -0.25) is 4.72 Å². The molecule has 2 rings (SSSR count). The average molecular weight is 348 g/mol. The molecule has 0 saturated heterocycles. The van der Waals surface area contributed by atoms with Crippen molar-refractivity contribution in [1.82, 2.24) is 4.98 Å². The number of phenols is 1. The zero-order valence-corrected chi connectivity index (χ0v) is 12.4. The number of sulfonamides is 1. The third-order valence-corrected chi connectivity index (χ3v) is 3.15. The number of aromatic hydroxyl groups is 1. The summed E-state index contributed by atoms with van der Waals surface area (Å²) in [5.41, 5.74) is 0.347. The normalized spacial score (nSPS) is 12.0. The second-order valence-electron chi connectivity index (χ2n) is 4.53. The van der Waals surface area contributed by atoms with E-state index in [0.717, 1.165) is 24.5 Å². The van der Waals surface area contributed by atoms with E-state index in [0.29, 0.717) is 0 Å². The molecule has 6 nitrogen and oxygen atoms in total. The van der Waals surface area contributed by atoms with Crippen LogP contribution in [0.2, 0.25) is 0 Å². The fraction of sp³-hybridized carbons (Fsp3) is 0.154. The Morgan fingerprint density at radius 3 is 2.43 bits per heavy atom. The largest absolute Gasteiger partial charge is 0.573 e. The highest BCUT2D eigenvalue weighted by Gasteiger charge is 2.31. The van der Waals surface area contributed by atoms with Crippen molar-refractivity contribution in [2.75, 3.05) is 11.0 Å². The Kier molecular flexibility index (Phi) is 4.37. The van der Waals surface area contributed by atoms with E-state index < -0.39 is 22.1 Å². The molecule has 2 aromatic rings. The number of aromatic nitrogens is 1. The maximum Gasteiger partial charge on any atom is 0.573 e. The van der Waals surface area contributed by atoms with Crippen molar-refractivity contribution >= 4 is 15.8 Å². The van der Waals surface area contributed by atoms with Crippen molar-refractivity contribution in [2.45, 2.75) is 6.36 Å². The highest BCUT2D eigenvalue weighted by molar-refractivity contribution is 7.92. The predicted molar refractivity (Wildman–Crippen MR) is 76.5 cm³/mol. The van der Waals surface area contributed by atoms with Crippen molar-refractivity contribution in [3.63, 3.8) is 0 Å². The zero-order chi connectivity index (χ0) is 17.3. The molecule has 10 heteroatoms. The van der Waals surface area contributed by atoms with E-state index in [1.807, 2.05) is 0 Å². The Labute approximate surface area is 129 Å². The molecule has 0 atom stereocenters. The second-order valence-corrected chi connectivity index (χ2v) is 6.28. The Morgan fingerprint density at radius 2 is 1.91 bits per heavy atom. The monoisotopic (exact) mass is 348 g/mol. The number of benzene rings is 1. The van der Waals surface area contributed by atoms with Gasteiger partial charge in [0.05, 0.1) is 6.26 Å². The number of pyridine rings is 1. The molecule has 0 unspecified atom stereocenters. The highest BCUT2D eigenvalue weighted by atomic mass is 32.2. The lowest BCUT2D eigenvalue weighted by Gasteiger charge is -2.11. The summed E-state index contributed by atoms with van der Waals surface area (Å²) in [6, 6.07) is 5.74. The molecule has 2 N–H and O–H groups in total. The second kappa shape index (κ2) is 5.95. The lowest BCUT2D eigenvalue weighted by molar-refractivity contribution is -0.274. The minimum Gasteiger partial charge on any atom is -0.507 e. The molecular formula is C13H11F3N2O4S. The Balaban J connectivity index is 2.32. The SMILES string of the molecule is CS(=O)(=O)Nc1ccc(-c2cc(OC(F)(F)F)ccc2O)cn1. The number of anilines is 1. The molecule has 124 valence electrons. The number of hydrogen-bond acceptors (Lipinski definition) is 5. The number of ether oxygens (including phenoxy) is 1. The molecule has 0 bridgehead atoms. The molecule has 0 spiro atoms. The van der Waals surface area contributed by atoms with Gasteiger partial charge in [-0.1, -0.05) is 0 Å². The van der Waals surface area contributed by atoms with Gasteiger partial charge in [0.2, 0.25) is 10.0 Å². The molecule has 0 amide bonds. The molecule has 0 aliphatic rings. The number of nitrogens with one attached hydrogen (secondary N) is 1. The number of alkyl halides is 3. The van der Waals surface area contributed by atoms with Crippen LogP contribution >= 0.6 is 0 Å². The van der Waals surface area contributed by atoms with E-state index in [2.05, 4.69) is 14.4 Å². The maximum atomic E-state index is 12.2. The molecule has 0 aliphatic carbocycles. The van der Waals surface area contributed by atoms with Gasteiger partial charge >= 0.3 is 6.36 Å². The summed E-state index contributed by atoms with van der Waals surface area (Å²) in [5.74, 6) is -0.729. The first-order valence-corrected chi connectivity index (χ1v) is 7.96. The van der Waals surface area contributed by atoms with Crippen LogP contribution in [0.4, 0.5) is 19.0 Å². The van der Waals surface area contributed by atoms with Gasteiger partial charge in [0.1, 0.15) is 17.3 Å². The summed E-state index contributed by atoms with van der Waals surface area (Å²) in [7, 11) is -3.50. The maximum absolute atomic E-state index is 12.2. The van der Waals surface area contributed by atoms with Gasteiger partial charge in [0.15, 0.2) is 0 Å². The molecule has 0 saturated carbocycles. The van der Waals surface area contributed by atoms with Crippen LogP contribution < -0.4 is 9.46 Å². The summed E-state index contributed by atoms with van der Waals surface area (Å²) >= 11 is 0. The fourth-order valence-corrected chi connectivity index (χ4v) is 2.25. The first-order chi connectivity index (χ1) is 10.5. The van der Waals surface area contributed by atoms with Crippen LogP contribution in [-0.4, -0.2) is 31.1 Å². The Hall–Kier alpha value is -2.49. The van der Waals surface area contributed by atoms with E-state index in [1.54, 1.807) is 0 Å². The number of nitrogens with zero attached hydrogens (tertiary/aromatic N) is 1. The first-order valence-electron chi connectivity index (χ1n) is 6.06. The smallest absolute Gasteiger partial charge is 0.507 e. The van der Waals surface area contributed by atoms with Crippen LogP contribution in [-0.2, 0) is 10.0 Å². The zero-order valence-electron chi connectivity index (χ0n) is 11.6. The van der Waals surface area contributed by atoms with Crippen LogP contribution in [0.1, 0.15) is 0 Å². The molecule has 0 radical (unpaired) electrons. The molecule has 1 aromatic carbocycles. The topological polar surface area (TPSA) is 88.5 Å². The standard InChI is InChI=1S/C13H11F3N2O4S/c1-23(20,21)18-12-5-2-8(7-17-12)10-6-9(3-4-11(10)19)22-13(14,15)16/h2-7,19H,1H3,(H,17,18). The van der Waals surface area contributed by atoms with Crippen LogP contribution in [0, 0.1) is 0 Å². The summed E-state index contributed by atoms with van der Waals surface area (Å²) in [6.45, 7) is 0. The molecule has 1 aromatic heterocycles. The van der Waals surface area contributed by atoms with Gasteiger partial charge in [-0.25, -0.2) is 13.4 Å². The molecule has 0 aliphatic heterocycles. The van der Waals surface area contributed by atoms with Gasteiger partial charge in [0, 0.05) is 17.3 Å². The summed E-state index contributed by atoms with van der Waals surface area (Å²) < 4.78 is 64.7. The lowest BCUT2D eigenvalue weighted by atomic mass is 10.1. The van der Waals surface area contributed by atoms with Crippen LogP contribution in [0.5, 0.6) is 11.5 Å². The van der Waals surface area contributed by atoms with Crippen molar-refractivity contribution in [2.24, 2.45) is 0 Å². The van der Waals surface area contributed by atoms with Crippen molar-refractivity contribution in [3.8, 4) is 22.6 Å². The molecule has 1 heterocycles. The minimum atomic E-state index is -4.85. The molecule has 23 heavy (non-hydrogen) atoms. The predicted octanol–water partition coefficient (Wildman–Crippen LogP) is 2.72. The van der Waals surface area contributed by atoms with Gasteiger partial charge < -0.3 is 9.84 Å². The summed E-state index contributed by atoms with van der Waals surface area (Å²) in [6.07, 6.45) is -2.69. The van der Waals surface area contributed by atoms with Crippen LogP contribution in [0.3, 0.4) is 0 Å². The Bertz CT molecular complexity index is 805. The van der Waals surface area contributed by atoms with Crippen molar-refractivity contribution in [1.29, 1.82) is 0 Å². The van der Waals surface area contributed by atoms with Crippen LogP contribution in [0.15, 0.2) is 36.5 Å². The fourth-order valence-electron chi connectivity index (χ4n) is 1.75. The summed E-state index contributed by atoms with van der Waals surface area (Å²) in [5, 5.41) is 9.77. The Morgan fingerprint density at radius 1 is 1.22 bits per heavy atom. The van der Waals surface area contributed by atoms with Gasteiger partial charge in [-0.15, -0.1) is 13.2 Å². The number of phenolic OH excluding ortho intramolecular Hbond substituents is 1.